The molecule has 0 aliphatic rings. The van der Waals surface area contributed by atoms with E-state index in [0.717, 1.165) is 16.5 Å². The Balaban J connectivity index is 1.46. The molecule has 4 N–H and O–H groups in total. The topological polar surface area (TPSA) is 112 Å². The van der Waals surface area contributed by atoms with Crippen molar-refractivity contribution in [3.8, 4) is 5.75 Å². The molecule has 3 amide bonds. The van der Waals surface area contributed by atoms with Gasteiger partial charge in [0.1, 0.15) is 11.8 Å². The number of benzene rings is 2. The largest absolute Gasteiger partial charge is 0.494 e. The molecule has 4 aromatic rings. The molecule has 4 rings (SSSR count). The molecule has 2 aromatic carbocycles. The highest BCUT2D eigenvalue weighted by Gasteiger charge is 2.24. The number of carbonyl (C=O) groups excluding carboxylic acids is 3. The number of ether oxygens (including phenoxy) is 1. The molecule has 2 aromatic heterocycles. The van der Waals surface area contributed by atoms with Gasteiger partial charge in [-0.1, -0.05) is 24.3 Å². The molecule has 1 atom stereocenters. The van der Waals surface area contributed by atoms with Crippen molar-refractivity contribution in [2.75, 3.05) is 6.61 Å². The van der Waals surface area contributed by atoms with Gasteiger partial charge in [0.15, 0.2) is 0 Å². The normalized spacial score (nSPS) is 11.6. The lowest BCUT2D eigenvalue weighted by atomic mass is 10.0. The molecule has 0 saturated carbocycles. The van der Waals surface area contributed by atoms with E-state index in [4.69, 9.17) is 4.74 Å². The number of carbonyl (C=O) groups is 3. The molecule has 0 aliphatic carbocycles. The fraction of sp³-hybridized carbons (Fsp3) is 0.160. The molecule has 2 heterocycles. The SMILES string of the molecule is CCOc1ccc(C(=O)NNC(=O)[C@H](Cc2c[nH]c3ccccc23)NC(=O)c2cccs2)cc1. The van der Waals surface area contributed by atoms with Crippen LogP contribution in [0.5, 0.6) is 5.75 Å². The Bertz CT molecular complexity index is 1280. The van der Waals surface area contributed by atoms with Gasteiger partial charge < -0.3 is 15.0 Å². The zero-order chi connectivity index (χ0) is 23.9. The lowest BCUT2D eigenvalue weighted by Gasteiger charge is -2.18. The van der Waals surface area contributed by atoms with E-state index in [-0.39, 0.29) is 12.3 Å². The maximum Gasteiger partial charge on any atom is 0.269 e. The number of hydrogen-bond acceptors (Lipinski definition) is 5. The predicted molar refractivity (Wildman–Crippen MR) is 131 cm³/mol. The second kappa shape index (κ2) is 10.7. The minimum atomic E-state index is -0.908. The number of aromatic nitrogens is 1. The highest BCUT2D eigenvalue weighted by atomic mass is 32.1. The van der Waals surface area contributed by atoms with Crippen molar-refractivity contribution in [3.63, 3.8) is 0 Å². The van der Waals surface area contributed by atoms with Crippen LogP contribution in [-0.4, -0.2) is 35.4 Å². The molecule has 0 fully saturated rings. The molecule has 0 bridgehead atoms. The molecule has 8 nitrogen and oxygen atoms in total. The number of nitrogens with one attached hydrogen (secondary N) is 4. The Hall–Kier alpha value is -4.11. The van der Waals surface area contributed by atoms with Crippen LogP contribution in [-0.2, 0) is 11.2 Å². The van der Waals surface area contributed by atoms with Crippen molar-refractivity contribution < 1.29 is 19.1 Å². The number of hydrogen-bond donors (Lipinski definition) is 4. The highest BCUT2D eigenvalue weighted by Crippen LogP contribution is 2.19. The van der Waals surface area contributed by atoms with Gasteiger partial charge >= 0.3 is 0 Å². The van der Waals surface area contributed by atoms with Crippen LogP contribution in [0.3, 0.4) is 0 Å². The second-order valence-corrected chi connectivity index (χ2v) is 8.42. The summed E-state index contributed by atoms with van der Waals surface area (Å²) in [5.74, 6) is -0.715. The number of fused-ring (bicyclic) bond motifs is 1. The molecule has 0 saturated heterocycles. The van der Waals surface area contributed by atoms with Crippen molar-refractivity contribution in [1.29, 1.82) is 0 Å². The molecule has 34 heavy (non-hydrogen) atoms. The Morgan fingerprint density at radius 2 is 1.76 bits per heavy atom. The van der Waals surface area contributed by atoms with E-state index < -0.39 is 17.9 Å². The van der Waals surface area contributed by atoms with Gasteiger partial charge in [-0.05, 0) is 54.3 Å². The number of thiophene rings is 1. The zero-order valence-corrected chi connectivity index (χ0v) is 19.3. The quantitative estimate of drug-likeness (QED) is 0.292. The average Bonchev–Trinajstić information content (AvgIpc) is 3.53. The Morgan fingerprint density at radius 3 is 2.50 bits per heavy atom. The molecular weight excluding hydrogens is 452 g/mol. The maximum atomic E-state index is 13.0. The summed E-state index contributed by atoms with van der Waals surface area (Å²) in [7, 11) is 0. The molecule has 174 valence electrons. The van der Waals surface area contributed by atoms with Crippen LogP contribution < -0.4 is 20.9 Å². The highest BCUT2D eigenvalue weighted by molar-refractivity contribution is 7.12. The lowest BCUT2D eigenvalue weighted by molar-refractivity contribution is -0.123. The first-order valence-corrected chi connectivity index (χ1v) is 11.7. The number of rotatable bonds is 8. The van der Waals surface area contributed by atoms with Crippen LogP contribution in [0.1, 0.15) is 32.5 Å². The standard InChI is InChI=1S/C25H24N4O4S/c1-2-33-18-11-9-16(10-12-18)23(30)28-29-24(31)21(27-25(32)22-8-5-13-34-22)14-17-15-26-20-7-4-3-6-19(17)20/h3-13,15,21,26H,2,14H2,1H3,(H,27,32)(H,28,30)(H,29,31)/t21-/m0/s1. The van der Waals surface area contributed by atoms with E-state index in [9.17, 15) is 14.4 Å². The van der Waals surface area contributed by atoms with Crippen LogP contribution >= 0.6 is 11.3 Å². The van der Waals surface area contributed by atoms with E-state index in [0.29, 0.717) is 22.8 Å². The van der Waals surface area contributed by atoms with E-state index >= 15 is 0 Å². The molecule has 0 aliphatic heterocycles. The molecule has 0 radical (unpaired) electrons. The summed E-state index contributed by atoms with van der Waals surface area (Å²) in [5.41, 5.74) is 7.03. The third kappa shape index (κ3) is 5.44. The van der Waals surface area contributed by atoms with Gasteiger partial charge in [0.2, 0.25) is 0 Å². The average molecular weight is 477 g/mol. The number of para-hydroxylation sites is 1. The zero-order valence-electron chi connectivity index (χ0n) is 18.5. The van der Waals surface area contributed by atoms with Gasteiger partial charge in [-0.3, -0.25) is 25.2 Å². The van der Waals surface area contributed by atoms with Gasteiger partial charge in [-0.2, -0.15) is 0 Å². The monoisotopic (exact) mass is 476 g/mol. The summed E-state index contributed by atoms with van der Waals surface area (Å²) >= 11 is 1.29. The van der Waals surface area contributed by atoms with Gasteiger partial charge in [0, 0.05) is 29.1 Å². The van der Waals surface area contributed by atoms with Crippen LogP contribution in [0.2, 0.25) is 0 Å². The summed E-state index contributed by atoms with van der Waals surface area (Å²) < 4.78 is 5.37. The Morgan fingerprint density at radius 1 is 0.971 bits per heavy atom. The van der Waals surface area contributed by atoms with E-state index in [1.165, 1.54) is 11.3 Å². The van der Waals surface area contributed by atoms with Crippen LogP contribution in [0, 0.1) is 0 Å². The maximum absolute atomic E-state index is 13.0. The summed E-state index contributed by atoms with van der Waals surface area (Å²) in [6.07, 6.45) is 2.06. The minimum absolute atomic E-state index is 0.242. The number of H-pyrrole nitrogens is 1. The number of amides is 3. The molecular formula is C25H24N4O4S. The summed E-state index contributed by atoms with van der Waals surface area (Å²) in [5, 5.41) is 5.54. The van der Waals surface area contributed by atoms with Crippen molar-refractivity contribution in [2.24, 2.45) is 0 Å². The Labute approximate surface area is 200 Å². The fourth-order valence-electron chi connectivity index (χ4n) is 3.51. The number of hydrazine groups is 1. The first kappa shape index (κ1) is 23.1. The van der Waals surface area contributed by atoms with Crippen LogP contribution in [0.4, 0.5) is 0 Å². The van der Waals surface area contributed by atoms with Crippen LogP contribution in [0.25, 0.3) is 10.9 Å². The van der Waals surface area contributed by atoms with Gasteiger partial charge in [-0.15, -0.1) is 11.3 Å². The van der Waals surface area contributed by atoms with Gasteiger partial charge in [-0.25, -0.2) is 0 Å². The summed E-state index contributed by atoms with van der Waals surface area (Å²) in [4.78, 5) is 41.8. The van der Waals surface area contributed by atoms with Gasteiger partial charge in [0.25, 0.3) is 17.7 Å². The Kier molecular flexibility index (Phi) is 7.24. The van der Waals surface area contributed by atoms with Crippen molar-refractivity contribution in [1.82, 2.24) is 21.2 Å². The van der Waals surface area contributed by atoms with Crippen molar-refractivity contribution in [2.45, 2.75) is 19.4 Å². The van der Waals surface area contributed by atoms with Gasteiger partial charge in [0.05, 0.1) is 11.5 Å². The smallest absolute Gasteiger partial charge is 0.269 e. The second-order valence-electron chi connectivity index (χ2n) is 7.47. The summed E-state index contributed by atoms with van der Waals surface area (Å²) in [6, 6.07) is 16.8. The third-order valence-electron chi connectivity index (χ3n) is 5.19. The van der Waals surface area contributed by atoms with Crippen molar-refractivity contribution >= 4 is 40.0 Å². The molecule has 9 heteroatoms. The fourth-order valence-corrected chi connectivity index (χ4v) is 4.14. The minimum Gasteiger partial charge on any atom is -0.494 e. The van der Waals surface area contributed by atoms with E-state index in [1.54, 1.807) is 41.8 Å². The van der Waals surface area contributed by atoms with E-state index in [1.807, 2.05) is 37.4 Å². The molecule has 0 spiro atoms. The van der Waals surface area contributed by atoms with Crippen LogP contribution in [0.15, 0.2) is 72.2 Å². The molecule has 0 unspecified atom stereocenters. The predicted octanol–water partition coefficient (Wildman–Crippen LogP) is 3.43. The lowest BCUT2D eigenvalue weighted by Crippen LogP contribution is -2.53. The van der Waals surface area contributed by atoms with E-state index in [2.05, 4.69) is 21.2 Å². The first-order chi connectivity index (χ1) is 16.5. The number of aromatic amines is 1. The third-order valence-corrected chi connectivity index (χ3v) is 6.06. The van der Waals surface area contributed by atoms with Crippen molar-refractivity contribution in [3.05, 3.63) is 88.2 Å². The summed E-state index contributed by atoms with van der Waals surface area (Å²) in [6.45, 7) is 2.40. The first-order valence-electron chi connectivity index (χ1n) is 10.8.